The van der Waals surface area contributed by atoms with Crippen LogP contribution in [0.3, 0.4) is 0 Å². The number of H-pyrrole nitrogens is 1. The van der Waals surface area contributed by atoms with Gasteiger partial charge < -0.3 is 10.4 Å². The van der Waals surface area contributed by atoms with Gasteiger partial charge in [0.05, 0.1) is 23.6 Å². The Morgan fingerprint density at radius 3 is 2.80 bits per heavy atom. The minimum atomic E-state index is -0.435. The number of aromatic nitrogens is 2. The van der Waals surface area contributed by atoms with Gasteiger partial charge in [0.2, 0.25) is 0 Å². The number of halogens is 1. The van der Waals surface area contributed by atoms with Crippen LogP contribution in [-0.4, -0.2) is 33.9 Å². The van der Waals surface area contributed by atoms with Gasteiger partial charge in [0, 0.05) is 17.1 Å². The maximum Gasteiger partial charge on any atom is 0.255 e. The fourth-order valence-corrected chi connectivity index (χ4v) is 1.91. The summed E-state index contributed by atoms with van der Waals surface area (Å²) in [7, 11) is 0. The molecule has 1 amide bonds. The molecule has 1 heterocycles. The van der Waals surface area contributed by atoms with Gasteiger partial charge in [-0.05, 0) is 25.5 Å². The number of benzene rings is 1. The van der Waals surface area contributed by atoms with Gasteiger partial charge in [0.1, 0.15) is 0 Å². The molecule has 0 radical (unpaired) electrons. The summed E-state index contributed by atoms with van der Waals surface area (Å²) in [5.41, 5.74) is 1.96. The molecule has 0 saturated heterocycles. The van der Waals surface area contributed by atoms with Crippen LogP contribution in [0.4, 0.5) is 0 Å². The fraction of sp³-hybridized carbons (Fsp3) is 0.286. The fourth-order valence-electron chi connectivity index (χ4n) is 1.78. The minimum absolute atomic E-state index is 0.218. The van der Waals surface area contributed by atoms with Gasteiger partial charge >= 0.3 is 0 Å². The largest absolute Gasteiger partial charge is 0.393 e. The van der Waals surface area contributed by atoms with Crippen molar-refractivity contribution in [3.63, 3.8) is 0 Å². The van der Waals surface area contributed by atoms with E-state index in [-0.39, 0.29) is 5.91 Å². The maximum atomic E-state index is 12.1. The molecular weight excluding hydrogens is 278 g/mol. The highest BCUT2D eigenvalue weighted by atomic mass is 35.5. The number of aliphatic hydroxyl groups excluding tert-OH is 1. The van der Waals surface area contributed by atoms with E-state index in [1.165, 1.54) is 6.20 Å². The molecule has 1 atom stereocenters. The van der Waals surface area contributed by atoms with E-state index in [9.17, 15) is 9.90 Å². The lowest BCUT2D eigenvalue weighted by Gasteiger charge is -2.07. The topological polar surface area (TPSA) is 78.0 Å². The summed E-state index contributed by atoms with van der Waals surface area (Å²) in [5, 5.41) is 19.3. The number of carbonyl (C=O) groups excluding carboxylic acids is 1. The van der Waals surface area contributed by atoms with E-state index in [1.54, 1.807) is 19.1 Å². The molecule has 1 aromatic heterocycles. The Morgan fingerprint density at radius 1 is 1.45 bits per heavy atom. The van der Waals surface area contributed by atoms with Crippen LogP contribution < -0.4 is 5.32 Å². The monoisotopic (exact) mass is 293 g/mol. The van der Waals surface area contributed by atoms with E-state index >= 15 is 0 Å². The van der Waals surface area contributed by atoms with Crippen molar-refractivity contribution in [3.05, 3.63) is 41.0 Å². The van der Waals surface area contributed by atoms with Crippen molar-refractivity contribution in [1.29, 1.82) is 0 Å². The van der Waals surface area contributed by atoms with E-state index in [0.29, 0.717) is 29.2 Å². The number of nitrogens with zero attached hydrogens (tertiary/aromatic N) is 1. The molecule has 5 nitrogen and oxygen atoms in total. The van der Waals surface area contributed by atoms with Crippen LogP contribution >= 0.6 is 11.6 Å². The molecule has 0 aliphatic carbocycles. The van der Waals surface area contributed by atoms with Gasteiger partial charge in [-0.2, -0.15) is 5.10 Å². The van der Waals surface area contributed by atoms with Gasteiger partial charge in [-0.3, -0.25) is 9.89 Å². The second-order valence-electron chi connectivity index (χ2n) is 4.56. The molecule has 0 saturated carbocycles. The van der Waals surface area contributed by atoms with Gasteiger partial charge in [-0.1, -0.05) is 23.7 Å². The van der Waals surface area contributed by atoms with Crippen molar-refractivity contribution in [2.45, 2.75) is 19.4 Å². The Hall–Kier alpha value is -1.85. The van der Waals surface area contributed by atoms with Crippen LogP contribution in [0.5, 0.6) is 0 Å². The smallest absolute Gasteiger partial charge is 0.255 e. The number of carbonyl (C=O) groups is 1. The van der Waals surface area contributed by atoms with Gasteiger partial charge in [0.25, 0.3) is 5.91 Å². The molecule has 2 rings (SSSR count). The minimum Gasteiger partial charge on any atom is -0.393 e. The first-order valence-electron chi connectivity index (χ1n) is 6.33. The Kier molecular flexibility index (Phi) is 4.76. The average molecular weight is 294 g/mol. The van der Waals surface area contributed by atoms with Crippen LogP contribution in [-0.2, 0) is 0 Å². The molecule has 6 heteroatoms. The van der Waals surface area contributed by atoms with Crippen molar-refractivity contribution < 1.29 is 9.90 Å². The quantitative estimate of drug-likeness (QED) is 0.791. The highest BCUT2D eigenvalue weighted by Crippen LogP contribution is 2.22. The van der Waals surface area contributed by atoms with Crippen molar-refractivity contribution in [2.75, 3.05) is 6.54 Å². The van der Waals surface area contributed by atoms with Gasteiger partial charge in [0.15, 0.2) is 0 Å². The Bertz CT molecular complexity index is 578. The van der Waals surface area contributed by atoms with E-state index in [4.69, 9.17) is 11.6 Å². The number of amides is 1. The molecule has 0 fully saturated rings. The van der Waals surface area contributed by atoms with Crippen LogP contribution in [0.25, 0.3) is 11.3 Å². The van der Waals surface area contributed by atoms with E-state index in [0.717, 1.165) is 5.56 Å². The molecular formula is C14H16ClN3O2. The number of nitrogens with one attached hydrogen (secondary N) is 2. The zero-order valence-corrected chi connectivity index (χ0v) is 11.8. The molecule has 0 bridgehead atoms. The molecule has 3 N–H and O–H groups in total. The van der Waals surface area contributed by atoms with Crippen LogP contribution in [0, 0.1) is 0 Å². The summed E-state index contributed by atoms with van der Waals surface area (Å²) in [6.45, 7) is 2.10. The predicted octanol–water partition coefficient (Wildman–Crippen LogP) is 2.23. The van der Waals surface area contributed by atoms with Crippen molar-refractivity contribution >= 4 is 17.5 Å². The van der Waals surface area contributed by atoms with Crippen LogP contribution in [0.1, 0.15) is 23.7 Å². The standard InChI is InChI=1S/C14H16ClN3O2/c1-9(19)6-7-16-14(20)12-8-17-18-13(12)10-2-4-11(15)5-3-10/h2-5,8-9,19H,6-7H2,1H3,(H,16,20)(H,17,18). The normalized spacial score (nSPS) is 12.2. The number of hydrogen-bond acceptors (Lipinski definition) is 3. The zero-order chi connectivity index (χ0) is 14.5. The van der Waals surface area contributed by atoms with Crippen molar-refractivity contribution in [1.82, 2.24) is 15.5 Å². The highest BCUT2D eigenvalue weighted by molar-refractivity contribution is 6.30. The zero-order valence-electron chi connectivity index (χ0n) is 11.1. The second kappa shape index (κ2) is 6.54. The van der Waals surface area contributed by atoms with Gasteiger partial charge in [-0.15, -0.1) is 0 Å². The molecule has 106 valence electrons. The highest BCUT2D eigenvalue weighted by Gasteiger charge is 2.14. The number of aromatic amines is 1. The first kappa shape index (κ1) is 14.6. The average Bonchev–Trinajstić information content (AvgIpc) is 2.88. The molecule has 2 aromatic rings. The van der Waals surface area contributed by atoms with Crippen molar-refractivity contribution in [3.8, 4) is 11.3 Å². The summed E-state index contributed by atoms with van der Waals surface area (Å²) >= 11 is 5.84. The molecule has 0 spiro atoms. The van der Waals surface area contributed by atoms with Crippen LogP contribution in [0.2, 0.25) is 5.02 Å². The maximum absolute atomic E-state index is 12.1. The third-order valence-electron chi connectivity index (χ3n) is 2.86. The summed E-state index contributed by atoms with van der Waals surface area (Å²) in [5.74, 6) is -0.218. The second-order valence-corrected chi connectivity index (χ2v) is 5.00. The first-order valence-corrected chi connectivity index (χ1v) is 6.71. The molecule has 1 unspecified atom stereocenters. The summed E-state index contributed by atoms with van der Waals surface area (Å²) in [4.78, 5) is 12.1. The van der Waals surface area contributed by atoms with E-state index in [1.807, 2.05) is 12.1 Å². The molecule has 1 aromatic carbocycles. The lowest BCUT2D eigenvalue weighted by atomic mass is 10.1. The third kappa shape index (κ3) is 3.59. The predicted molar refractivity (Wildman–Crippen MR) is 77.7 cm³/mol. The number of hydrogen-bond donors (Lipinski definition) is 3. The van der Waals surface area contributed by atoms with E-state index in [2.05, 4.69) is 15.5 Å². The van der Waals surface area contributed by atoms with Crippen LogP contribution in [0.15, 0.2) is 30.5 Å². The molecule has 0 aliphatic heterocycles. The first-order chi connectivity index (χ1) is 9.58. The van der Waals surface area contributed by atoms with E-state index < -0.39 is 6.10 Å². The molecule has 20 heavy (non-hydrogen) atoms. The molecule has 0 aliphatic rings. The lowest BCUT2D eigenvalue weighted by Crippen LogP contribution is -2.26. The van der Waals surface area contributed by atoms with Crippen molar-refractivity contribution in [2.24, 2.45) is 0 Å². The SMILES string of the molecule is CC(O)CCNC(=O)c1cn[nH]c1-c1ccc(Cl)cc1. The Labute approximate surface area is 122 Å². The summed E-state index contributed by atoms with van der Waals surface area (Å²) in [6, 6.07) is 7.16. The summed E-state index contributed by atoms with van der Waals surface area (Å²) < 4.78 is 0. The third-order valence-corrected chi connectivity index (χ3v) is 3.12. The summed E-state index contributed by atoms with van der Waals surface area (Å²) in [6.07, 6.45) is 1.57. The lowest BCUT2D eigenvalue weighted by molar-refractivity contribution is 0.0946. The Morgan fingerprint density at radius 2 is 2.15 bits per heavy atom. The number of rotatable bonds is 5. The van der Waals surface area contributed by atoms with Gasteiger partial charge in [-0.25, -0.2) is 0 Å². The Balaban J connectivity index is 2.12. The number of aliphatic hydroxyl groups is 1.